The van der Waals surface area contributed by atoms with Crippen molar-refractivity contribution < 1.29 is 4.79 Å². The average Bonchev–Trinajstić information content (AvgIpc) is 2.78. The molecule has 2 aliphatic heterocycles. The summed E-state index contributed by atoms with van der Waals surface area (Å²) in [5.41, 5.74) is 2.16. The predicted molar refractivity (Wildman–Crippen MR) is 72.5 cm³/mol. The molecule has 3 rings (SSSR count). The van der Waals surface area contributed by atoms with Crippen molar-refractivity contribution in [3.63, 3.8) is 0 Å². The summed E-state index contributed by atoms with van der Waals surface area (Å²) >= 11 is 0. The number of nitrogens with one attached hydrogen (secondary N) is 2. The van der Waals surface area contributed by atoms with Crippen LogP contribution in [0, 0.1) is 5.92 Å². The molecule has 5 heteroatoms. The highest BCUT2D eigenvalue weighted by Gasteiger charge is 2.29. The minimum atomic E-state index is -0.0933. The van der Waals surface area contributed by atoms with Crippen LogP contribution in [0.3, 0.4) is 0 Å². The van der Waals surface area contributed by atoms with Gasteiger partial charge in [0.25, 0.3) is 0 Å². The Morgan fingerprint density at radius 3 is 3.21 bits per heavy atom. The summed E-state index contributed by atoms with van der Waals surface area (Å²) in [6, 6.07) is -0.0933. The molecule has 5 nitrogen and oxygen atoms in total. The number of nitrogens with zero attached hydrogens (tertiary/aromatic N) is 2. The largest absolute Gasteiger partial charge is 0.347 e. The van der Waals surface area contributed by atoms with E-state index in [0.717, 1.165) is 49.8 Å². The van der Waals surface area contributed by atoms with E-state index >= 15 is 0 Å². The van der Waals surface area contributed by atoms with Gasteiger partial charge < -0.3 is 9.88 Å². The molecule has 104 valence electrons. The summed E-state index contributed by atoms with van der Waals surface area (Å²) in [5.74, 6) is 0.998. The quantitative estimate of drug-likeness (QED) is 0.796. The van der Waals surface area contributed by atoms with Gasteiger partial charge >= 0.3 is 0 Å². The first-order valence-corrected chi connectivity index (χ1v) is 7.27. The van der Waals surface area contributed by atoms with Gasteiger partial charge in [-0.3, -0.25) is 10.1 Å². The van der Waals surface area contributed by atoms with E-state index in [1.807, 2.05) is 4.90 Å². The number of aromatic amines is 1. The van der Waals surface area contributed by atoms with Crippen molar-refractivity contribution in [1.29, 1.82) is 0 Å². The zero-order valence-corrected chi connectivity index (χ0v) is 11.5. The molecule has 1 amide bonds. The van der Waals surface area contributed by atoms with E-state index in [0.29, 0.717) is 6.42 Å². The maximum atomic E-state index is 12.6. The van der Waals surface area contributed by atoms with Crippen LogP contribution in [0.25, 0.3) is 0 Å². The molecule has 0 saturated carbocycles. The van der Waals surface area contributed by atoms with Gasteiger partial charge in [-0.2, -0.15) is 0 Å². The Hall–Kier alpha value is -1.36. The second kappa shape index (κ2) is 5.33. The van der Waals surface area contributed by atoms with Crippen molar-refractivity contribution in [2.45, 2.75) is 45.2 Å². The number of carbonyl (C=O) groups excluding carboxylic acids is 1. The number of rotatable bonds is 1. The highest BCUT2D eigenvalue weighted by molar-refractivity contribution is 5.82. The lowest BCUT2D eigenvalue weighted by molar-refractivity contribution is -0.133. The normalized spacial score (nSPS) is 27.7. The van der Waals surface area contributed by atoms with Crippen molar-refractivity contribution in [2.75, 3.05) is 13.1 Å². The van der Waals surface area contributed by atoms with Gasteiger partial charge in [0.2, 0.25) is 5.91 Å². The topological polar surface area (TPSA) is 61.0 Å². The SMILES string of the molecule is CC1CCCN(C(=O)C2Cc3nc[nH]c3CN2)CC1. The molecule has 0 aromatic carbocycles. The number of fused-ring (bicyclic) bond motifs is 1. The number of hydrogen-bond acceptors (Lipinski definition) is 3. The Balaban J connectivity index is 1.64. The van der Waals surface area contributed by atoms with Gasteiger partial charge in [-0.15, -0.1) is 0 Å². The zero-order chi connectivity index (χ0) is 13.2. The van der Waals surface area contributed by atoms with E-state index in [4.69, 9.17) is 0 Å². The van der Waals surface area contributed by atoms with Gasteiger partial charge in [-0.1, -0.05) is 6.92 Å². The highest BCUT2D eigenvalue weighted by atomic mass is 16.2. The molecule has 2 aliphatic rings. The molecular weight excluding hydrogens is 240 g/mol. The van der Waals surface area contributed by atoms with E-state index in [2.05, 4.69) is 22.2 Å². The Kier molecular flexibility index (Phi) is 3.55. The van der Waals surface area contributed by atoms with E-state index in [1.54, 1.807) is 6.33 Å². The number of likely N-dealkylation sites (tertiary alicyclic amines) is 1. The number of aromatic nitrogens is 2. The fraction of sp³-hybridized carbons (Fsp3) is 0.714. The van der Waals surface area contributed by atoms with Crippen LogP contribution < -0.4 is 5.32 Å². The first kappa shape index (κ1) is 12.7. The summed E-state index contributed by atoms with van der Waals surface area (Å²) in [6.07, 6.45) is 5.93. The third-order valence-electron chi connectivity index (χ3n) is 4.36. The molecule has 0 aliphatic carbocycles. The van der Waals surface area contributed by atoms with E-state index < -0.39 is 0 Å². The Morgan fingerprint density at radius 2 is 2.32 bits per heavy atom. The molecule has 1 saturated heterocycles. The summed E-state index contributed by atoms with van der Waals surface area (Å²) in [7, 11) is 0. The molecule has 0 radical (unpaired) electrons. The zero-order valence-electron chi connectivity index (χ0n) is 11.5. The van der Waals surface area contributed by atoms with Gasteiger partial charge in [0.05, 0.1) is 23.8 Å². The lowest BCUT2D eigenvalue weighted by atomic mass is 10.0. The monoisotopic (exact) mass is 262 g/mol. The van der Waals surface area contributed by atoms with Crippen molar-refractivity contribution >= 4 is 5.91 Å². The smallest absolute Gasteiger partial charge is 0.240 e. The van der Waals surface area contributed by atoms with E-state index in [1.165, 1.54) is 6.42 Å². The second-order valence-electron chi connectivity index (χ2n) is 5.83. The molecule has 2 atom stereocenters. The molecule has 2 unspecified atom stereocenters. The number of imidazole rings is 1. The van der Waals surface area contributed by atoms with Crippen LogP contribution in [-0.4, -0.2) is 39.9 Å². The Labute approximate surface area is 113 Å². The van der Waals surface area contributed by atoms with Gasteiger partial charge in [0.15, 0.2) is 0 Å². The van der Waals surface area contributed by atoms with Gasteiger partial charge in [0, 0.05) is 26.1 Å². The summed E-state index contributed by atoms with van der Waals surface area (Å²) in [5, 5.41) is 3.33. The second-order valence-corrected chi connectivity index (χ2v) is 5.83. The predicted octanol–water partition coefficient (Wildman–Crippen LogP) is 1.07. The van der Waals surface area contributed by atoms with Crippen LogP contribution in [0.1, 0.15) is 37.6 Å². The van der Waals surface area contributed by atoms with Crippen LogP contribution >= 0.6 is 0 Å². The van der Waals surface area contributed by atoms with E-state index in [-0.39, 0.29) is 11.9 Å². The molecule has 3 heterocycles. The van der Waals surface area contributed by atoms with E-state index in [9.17, 15) is 4.79 Å². The minimum absolute atomic E-state index is 0.0933. The Morgan fingerprint density at radius 1 is 1.42 bits per heavy atom. The van der Waals surface area contributed by atoms with Crippen molar-refractivity contribution in [2.24, 2.45) is 5.92 Å². The number of hydrogen-bond donors (Lipinski definition) is 2. The molecule has 0 spiro atoms. The van der Waals surface area contributed by atoms with Gasteiger partial charge in [-0.25, -0.2) is 4.98 Å². The van der Waals surface area contributed by atoms with Crippen LogP contribution in [0.2, 0.25) is 0 Å². The summed E-state index contributed by atoms with van der Waals surface area (Å²) in [4.78, 5) is 22.0. The lowest BCUT2D eigenvalue weighted by Gasteiger charge is -2.29. The fourth-order valence-corrected chi connectivity index (χ4v) is 3.05. The number of H-pyrrole nitrogens is 1. The number of carbonyl (C=O) groups is 1. The minimum Gasteiger partial charge on any atom is -0.347 e. The first-order chi connectivity index (χ1) is 9.24. The maximum absolute atomic E-state index is 12.6. The first-order valence-electron chi connectivity index (χ1n) is 7.27. The lowest BCUT2D eigenvalue weighted by Crippen LogP contribution is -2.49. The highest BCUT2D eigenvalue weighted by Crippen LogP contribution is 2.19. The van der Waals surface area contributed by atoms with Crippen LogP contribution in [0.4, 0.5) is 0 Å². The third-order valence-corrected chi connectivity index (χ3v) is 4.36. The Bertz CT molecular complexity index is 456. The van der Waals surface area contributed by atoms with Crippen molar-refractivity contribution in [3.05, 3.63) is 17.7 Å². The summed E-state index contributed by atoms with van der Waals surface area (Å²) in [6.45, 7) is 4.82. The maximum Gasteiger partial charge on any atom is 0.240 e. The molecular formula is C14H22N4O. The van der Waals surface area contributed by atoms with Crippen LogP contribution in [-0.2, 0) is 17.8 Å². The molecule has 19 heavy (non-hydrogen) atoms. The van der Waals surface area contributed by atoms with Gasteiger partial charge in [-0.05, 0) is 25.2 Å². The molecule has 1 fully saturated rings. The van der Waals surface area contributed by atoms with Gasteiger partial charge in [0.1, 0.15) is 0 Å². The molecule has 2 N–H and O–H groups in total. The van der Waals surface area contributed by atoms with Crippen molar-refractivity contribution in [1.82, 2.24) is 20.2 Å². The standard InChI is InChI=1S/C14H22N4O/c1-10-3-2-5-18(6-4-10)14(19)12-7-11-13(8-15-12)17-9-16-11/h9-10,12,15H,2-8H2,1H3,(H,16,17). The molecule has 0 bridgehead atoms. The third kappa shape index (κ3) is 2.66. The van der Waals surface area contributed by atoms with Crippen molar-refractivity contribution in [3.8, 4) is 0 Å². The summed E-state index contributed by atoms with van der Waals surface area (Å²) < 4.78 is 0. The fourth-order valence-electron chi connectivity index (χ4n) is 3.05. The number of amides is 1. The average molecular weight is 262 g/mol. The molecule has 1 aromatic rings. The van der Waals surface area contributed by atoms with Crippen LogP contribution in [0.15, 0.2) is 6.33 Å². The molecule has 1 aromatic heterocycles. The van der Waals surface area contributed by atoms with Crippen LogP contribution in [0.5, 0.6) is 0 Å².